The molecule has 0 aliphatic carbocycles. The summed E-state index contributed by atoms with van der Waals surface area (Å²) in [6, 6.07) is 7.81. The van der Waals surface area contributed by atoms with Crippen molar-refractivity contribution >= 4 is 35.1 Å². The topological polar surface area (TPSA) is 70.6 Å². The Labute approximate surface area is 145 Å². The molecule has 2 N–H and O–H groups in total. The van der Waals surface area contributed by atoms with E-state index in [-0.39, 0.29) is 24.7 Å². The van der Waals surface area contributed by atoms with Crippen LogP contribution < -0.4 is 10.7 Å². The van der Waals surface area contributed by atoms with Gasteiger partial charge >= 0.3 is 0 Å². The lowest BCUT2D eigenvalue weighted by Crippen LogP contribution is -2.20. The lowest BCUT2D eigenvalue weighted by atomic mass is 10.1. The van der Waals surface area contributed by atoms with Crippen LogP contribution in [0.1, 0.15) is 34.4 Å². The Bertz CT molecular complexity index is 765. The van der Waals surface area contributed by atoms with Crippen molar-refractivity contribution in [3.05, 3.63) is 51.2 Å². The fraction of sp³-hybridized carbons (Fsp3) is 0.278. The van der Waals surface area contributed by atoms with Crippen LogP contribution in [-0.4, -0.2) is 18.0 Å². The lowest BCUT2D eigenvalue weighted by molar-refractivity contribution is -0.124. The highest BCUT2D eigenvalue weighted by atomic mass is 32.1. The molecule has 0 aliphatic rings. The fourth-order valence-electron chi connectivity index (χ4n) is 2.13. The second kappa shape index (κ2) is 8.40. The summed E-state index contributed by atoms with van der Waals surface area (Å²) in [4.78, 5) is 24.7. The first-order chi connectivity index (χ1) is 11.5. The number of hydrogen-bond donors (Lipinski definition) is 2. The summed E-state index contributed by atoms with van der Waals surface area (Å²) in [5.74, 6) is -0.466. The van der Waals surface area contributed by atoms with Gasteiger partial charge in [-0.3, -0.25) is 9.59 Å². The summed E-state index contributed by atoms with van der Waals surface area (Å²) in [6.45, 7) is 5.93. The minimum atomic E-state index is -0.281. The average molecular weight is 343 g/mol. The van der Waals surface area contributed by atoms with Crippen LogP contribution in [0.4, 0.5) is 5.69 Å². The first-order valence-electron chi connectivity index (χ1n) is 7.69. The predicted molar refractivity (Wildman–Crippen MR) is 98.6 cm³/mol. The summed E-state index contributed by atoms with van der Waals surface area (Å²) in [5.41, 5.74) is 6.48. The minimum absolute atomic E-state index is 0.0947. The van der Waals surface area contributed by atoms with E-state index < -0.39 is 0 Å². The first kappa shape index (κ1) is 17.9. The summed E-state index contributed by atoms with van der Waals surface area (Å²) in [7, 11) is 0. The average Bonchev–Trinajstić information content (AvgIpc) is 2.93. The summed E-state index contributed by atoms with van der Waals surface area (Å²) >= 11 is 1.56. The van der Waals surface area contributed by atoms with Crippen molar-refractivity contribution in [3.63, 3.8) is 0 Å². The highest BCUT2D eigenvalue weighted by Crippen LogP contribution is 2.16. The molecule has 0 bridgehead atoms. The third kappa shape index (κ3) is 5.31. The first-order valence-corrected chi connectivity index (χ1v) is 8.57. The standard InChI is InChI=1S/C18H21N3O2S/c1-12-4-5-15(14(3)10-12)20-17(22)6-7-18(23)21-19-11-16-13(2)8-9-24-16/h4-5,8-11H,6-7H2,1-3H3,(H,20,22)(H,21,23). The van der Waals surface area contributed by atoms with Crippen molar-refractivity contribution in [1.29, 1.82) is 0 Å². The zero-order valence-corrected chi connectivity index (χ0v) is 14.9. The third-order valence-corrected chi connectivity index (χ3v) is 4.46. The second-order valence-electron chi connectivity index (χ2n) is 5.63. The Kier molecular flexibility index (Phi) is 6.26. The molecule has 2 aromatic rings. The molecule has 0 aliphatic heterocycles. The van der Waals surface area contributed by atoms with E-state index in [1.807, 2.05) is 50.4 Å². The maximum absolute atomic E-state index is 11.9. The molecule has 0 saturated heterocycles. The van der Waals surface area contributed by atoms with Crippen molar-refractivity contribution in [1.82, 2.24) is 5.43 Å². The van der Waals surface area contributed by atoms with E-state index in [4.69, 9.17) is 0 Å². The minimum Gasteiger partial charge on any atom is -0.326 e. The number of hydrogen-bond acceptors (Lipinski definition) is 4. The van der Waals surface area contributed by atoms with Crippen LogP contribution in [0.5, 0.6) is 0 Å². The Morgan fingerprint density at radius 3 is 2.50 bits per heavy atom. The number of anilines is 1. The number of benzene rings is 1. The van der Waals surface area contributed by atoms with Crippen LogP contribution in [0.25, 0.3) is 0 Å². The Morgan fingerprint density at radius 1 is 1.08 bits per heavy atom. The van der Waals surface area contributed by atoms with Gasteiger partial charge in [-0.2, -0.15) is 5.10 Å². The monoisotopic (exact) mass is 343 g/mol. The fourth-order valence-corrected chi connectivity index (χ4v) is 2.92. The van der Waals surface area contributed by atoms with E-state index in [0.717, 1.165) is 27.3 Å². The zero-order chi connectivity index (χ0) is 17.5. The SMILES string of the molecule is Cc1ccc(NC(=O)CCC(=O)NN=Cc2sccc2C)c(C)c1. The number of amides is 2. The van der Waals surface area contributed by atoms with E-state index in [0.29, 0.717) is 0 Å². The van der Waals surface area contributed by atoms with E-state index in [2.05, 4.69) is 15.8 Å². The smallest absolute Gasteiger partial charge is 0.240 e. The van der Waals surface area contributed by atoms with Crippen LogP contribution in [0.3, 0.4) is 0 Å². The van der Waals surface area contributed by atoms with E-state index in [1.54, 1.807) is 17.6 Å². The Morgan fingerprint density at radius 2 is 1.83 bits per heavy atom. The number of carbonyl (C=O) groups excluding carboxylic acids is 2. The Hall–Kier alpha value is -2.47. The van der Waals surface area contributed by atoms with Crippen molar-refractivity contribution in [2.24, 2.45) is 5.10 Å². The van der Waals surface area contributed by atoms with E-state index >= 15 is 0 Å². The van der Waals surface area contributed by atoms with Crippen LogP contribution in [0, 0.1) is 20.8 Å². The van der Waals surface area contributed by atoms with Gasteiger partial charge in [0.15, 0.2) is 0 Å². The zero-order valence-electron chi connectivity index (χ0n) is 14.1. The number of thiophene rings is 1. The van der Waals surface area contributed by atoms with E-state index in [1.165, 1.54) is 0 Å². The van der Waals surface area contributed by atoms with Crippen LogP contribution in [-0.2, 0) is 9.59 Å². The molecule has 1 aromatic carbocycles. The molecule has 24 heavy (non-hydrogen) atoms. The Balaban J connectivity index is 1.76. The van der Waals surface area contributed by atoms with Gasteiger partial charge in [0.2, 0.25) is 11.8 Å². The van der Waals surface area contributed by atoms with Gasteiger partial charge < -0.3 is 5.32 Å². The molecular formula is C18H21N3O2S. The predicted octanol–water partition coefficient (Wildman–Crippen LogP) is 3.54. The lowest BCUT2D eigenvalue weighted by Gasteiger charge is -2.08. The molecule has 1 aromatic heterocycles. The number of rotatable bonds is 6. The van der Waals surface area contributed by atoms with Crippen molar-refractivity contribution in [2.45, 2.75) is 33.6 Å². The molecule has 0 unspecified atom stereocenters. The van der Waals surface area contributed by atoms with Crippen LogP contribution in [0.15, 0.2) is 34.7 Å². The van der Waals surface area contributed by atoms with Gasteiger partial charge in [0.1, 0.15) is 0 Å². The number of nitrogens with one attached hydrogen (secondary N) is 2. The van der Waals surface area contributed by atoms with Crippen LogP contribution >= 0.6 is 11.3 Å². The maximum Gasteiger partial charge on any atom is 0.240 e. The van der Waals surface area contributed by atoms with Gasteiger partial charge in [0.25, 0.3) is 0 Å². The number of hydrazone groups is 1. The molecule has 0 fully saturated rings. The summed E-state index contributed by atoms with van der Waals surface area (Å²) in [5, 5.41) is 8.71. The number of nitrogens with zero attached hydrogens (tertiary/aromatic N) is 1. The summed E-state index contributed by atoms with van der Waals surface area (Å²) < 4.78 is 0. The van der Waals surface area contributed by atoms with Gasteiger partial charge in [-0.1, -0.05) is 17.7 Å². The molecular weight excluding hydrogens is 322 g/mol. The number of aryl methyl sites for hydroxylation is 3. The maximum atomic E-state index is 11.9. The summed E-state index contributed by atoms with van der Waals surface area (Å²) in [6.07, 6.45) is 1.83. The van der Waals surface area contributed by atoms with Crippen molar-refractivity contribution in [3.8, 4) is 0 Å². The molecule has 2 amide bonds. The molecule has 0 spiro atoms. The van der Waals surface area contributed by atoms with Crippen molar-refractivity contribution < 1.29 is 9.59 Å². The second-order valence-corrected chi connectivity index (χ2v) is 6.58. The van der Waals surface area contributed by atoms with Gasteiger partial charge in [0, 0.05) is 23.4 Å². The highest BCUT2D eigenvalue weighted by Gasteiger charge is 2.08. The molecule has 0 radical (unpaired) electrons. The normalized spacial score (nSPS) is 10.8. The quantitative estimate of drug-likeness (QED) is 0.622. The van der Waals surface area contributed by atoms with Crippen molar-refractivity contribution in [2.75, 3.05) is 5.32 Å². The molecule has 0 saturated carbocycles. The van der Waals surface area contributed by atoms with Gasteiger partial charge in [-0.15, -0.1) is 11.3 Å². The molecule has 126 valence electrons. The van der Waals surface area contributed by atoms with Crippen LogP contribution in [0.2, 0.25) is 0 Å². The van der Waals surface area contributed by atoms with E-state index in [9.17, 15) is 9.59 Å². The molecule has 5 nitrogen and oxygen atoms in total. The van der Waals surface area contributed by atoms with Gasteiger partial charge in [0.05, 0.1) is 6.21 Å². The molecule has 0 atom stereocenters. The molecule has 6 heteroatoms. The largest absolute Gasteiger partial charge is 0.326 e. The molecule has 2 rings (SSSR count). The third-order valence-electron chi connectivity index (χ3n) is 3.51. The number of carbonyl (C=O) groups is 2. The molecule has 1 heterocycles. The van der Waals surface area contributed by atoms with Gasteiger partial charge in [-0.25, -0.2) is 5.43 Å². The van der Waals surface area contributed by atoms with Gasteiger partial charge in [-0.05, 0) is 49.4 Å². The highest BCUT2D eigenvalue weighted by molar-refractivity contribution is 7.11.